The first kappa shape index (κ1) is 27.5. The molecule has 1 aliphatic carbocycles. The fraction of sp³-hybridized carbons (Fsp3) is 0.158. The van der Waals surface area contributed by atoms with Gasteiger partial charge in [-0.3, -0.25) is 4.98 Å². The van der Waals surface area contributed by atoms with Crippen molar-refractivity contribution in [1.82, 2.24) is 14.5 Å². The molecule has 0 unspecified atom stereocenters. The Kier molecular flexibility index (Phi) is 7.52. The number of benzene rings is 4. The average molecular weight is 736 g/mol. The molecule has 9 rings (SSSR count). The molecule has 0 bridgehead atoms. The summed E-state index contributed by atoms with van der Waals surface area (Å²) in [6.45, 7) is 0.982. The van der Waals surface area contributed by atoms with Crippen LogP contribution < -0.4 is 0 Å². The Labute approximate surface area is 264 Å². The zero-order chi connectivity index (χ0) is 27.9. The smallest absolute Gasteiger partial charge is 0.120 e. The summed E-state index contributed by atoms with van der Waals surface area (Å²) >= 11 is 0. The summed E-state index contributed by atoms with van der Waals surface area (Å²) in [6.07, 6.45) is 9.66. The molecule has 4 nitrogen and oxygen atoms in total. The van der Waals surface area contributed by atoms with Gasteiger partial charge in [0.05, 0.1) is 22.4 Å². The summed E-state index contributed by atoms with van der Waals surface area (Å²) < 4.78 is 8.37. The fourth-order valence-corrected chi connectivity index (χ4v) is 6.58. The topological polar surface area (TPSA) is 43.9 Å². The number of hydrogen-bond donors (Lipinski definition) is 0. The third-order valence-corrected chi connectivity index (χ3v) is 8.57. The molecule has 4 heterocycles. The van der Waals surface area contributed by atoms with E-state index < -0.39 is 0 Å². The van der Waals surface area contributed by atoms with Gasteiger partial charge in [0.2, 0.25) is 0 Å². The Morgan fingerprint density at radius 2 is 1.65 bits per heavy atom. The van der Waals surface area contributed by atoms with Gasteiger partial charge < -0.3 is 14.0 Å². The molecule has 1 fully saturated rings. The SMILES string of the molecule is [Ir].[c-]1ccc2c(oc3ccccc32)c1-c1ccccn1.[c-]1ccccc1-c1nc2cccc3c2n1CC(C1CCCC1)=C3. The number of imidazole rings is 1. The van der Waals surface area contributed by atoms with Crippen LogP contribution in [0.25, 0.3) is 61.7 Å². The van der Waals surface area contributed by atoms with Crippen LogP contribution in [0, 0.1) is 18.1 Å². The first-order valence-electron chi connectivity index (χ1n) is 14.7. The second-order valence-corrected chi connectivity index (χ2v) is 11.1. The monoisotopic (exact) mass is 736 g/mol. The maximum atomic E-state index is 5.97. The number of aromatic nitrogens is 3. The molecule has 43 heavy (non-hydrogen) atoms. The first-order valence-corrected chi connectivity index (χ1v) is 14.7. The van der Waals surface area contributed by atoms with Crippen LogP contribution in [0.5, 0.6) is 0 Å². The number of nitrogens with zero attached hydrogens (tertiary/aromatic N) is 3. The average Bonchev–Trinajstić information content (AvgIpc) is 3.81. The quantitative estimate of drug-likeness (QED) is 0.170. The second kappa shape index (κ2) is 11.8. The molecule has 3 aromatic heterocycles. The maximum absolute atomic E-state index is 5.97. The number of furan rings is 1. The standard InChI is InChI=1S/C21H19N2.C17H10NO.Ir/c1-2-9-16(10-3-1)21-22-19-12-6-11-17-13-18(14-23(21)20(17)19)15-7-4-5-8-15;1-2-10-16-12(6-1)13-7-5-8-14(17(13)19-16)15-9-3-4-11-18-15;/h1-3,6,9,11-13,15H,4-5,7-8,14H2;1-7,9-11H;/q2*-1;. The van der Waals surface area contributed by atoms with Crippen LogP contribution in [-0.2, 0) is 26.7 Å². The molecule has 1 aliphatic heterocycles. The van der Waals surface area contributed by atoms with Gasteiger partial charge in [-0.2, -0.15) is 0 Å². The van der Waals surface area contributed by atoms with E-state index in [9.17, 15) is 0 Å². The molecule has 0 amide bonds. The molecule has 1 radical (unpaired) electrons. The Morgan fingerprint density at radius 3 is 2.49 bits per heavy atom. The Balaban J connectivity index is 0.000000139. The van der Waals surface area contributed by atoms with Gasteiger partial charge in [-0.25, -0.2) is 0 Å². The van der Waals surface area contributed by atoms with Crippen molar-refractivity contribution >= 4 is 39.0 Å². The van der Waals surface area contributed by atoms with Crippen molar-refractivity contribution < 1.29 is 24.5 Å². The van der Waals surface area contributed by atoms with E-state index in [-0.39, 0.29) is 20.1 Å². The van der Waals surface area contributed by atoms with Crippen LogP contribution in [0.3, 0.4) is 0 Å². The van der Waals surface area contributed by atoms with Crippen LogP contribution in [0.4, 0.5) is 0 Å². The number of fused-ring (bicyclic) bond motifs is 3. The minimum atomic E-state index is 0. The minimum Gasteiger partial charge on any atom is -0.501 e. The number of allylic oxidation sites excluding steroid dienone is 1. The van der Waals surface area contributed by atoms with Gasteiger partial charge in [0.25, 0.3) is 0 Å². The van der Waals surface area contributed by atoms with Crippen LogP contribution in [-0.4, -0.2) is 14.5 Å². The molecule has 213 valence electrons. The van der Waals surface area contributed by atoms with Crippen molar-refractivity contribution in [2.24, 2.45) is 5.92 Å². The zero-order valence-corrected chi connectivity index (χ0v) is 26.0. The minimum absolute atomic E-state index is 0. The Hall–Kier alpha value is -4.31. The number of pyridine rings is 1. The van der Waals surface area contributed by atoms with Crippen molar-refractivity contribution in [3.05, 3.63) is 127 Å². The molecule has 4 aromatic carbocycles. The molecule has 1 saturated carbocycles. The molecular formula is C38H29IrN3O-2. The van der Waals surface area contributed by atoms with Gasteiger partial charge in [0.1, 0.15) is 5.58 Å². The van der Waals surface area contributed by atoms with E-state index in [1.165, 1.54) is 36.8 Å². The van der Waals surface area contributed by atoms with E-state index in [0.29, 0.717) is 0 Å². The van der Waals surface area contributed by atoms with Gasteiger partial charge in [-0.1, -0.05) is 72.3 Å². The van der Waals surface area contributed by atoms with E-state index in [0.717, 1.165) is 62.6 Å². The van der Waals surface area contributed by atoms with Crippen LogP contribution in [0.2, 0.25) is 0 Å². The summed E-state index contributed by atoms with van der Waals surface area (Å²) in [5, 5.41) is 2.23. The number of hydrogen-bond acceptors (Lipinski definition) is 3. The summed E-state index contributed by atoms with van der Waals surface area (Å²) in [5.74, 6) is 1.81. The second-order valence-electron chi connectivity index (χ2n) is 11.1. The zero-order valence-electron chi connectivity index (χ0n) is 23.6. The van der Waals surface area contributed by atoms with Gasteiger partial charge >= 0.3 is 0 Å². The number of rotatable bonds is 3. The van der Waals surface area contributed by atoms with Crippen LogP contribution >= 0.6 is 0 Å². The summed E-state index contributed by atoms with van der Waals surface area (Å²) in [6, 6.07) is 39.1. The molecule has 0 N–H and O–H groups in total. The van der Waals surface area contributed by atoms with Gasteiger partial charge in [-0.15, -0.1) is 54.1 Å². The van der Waals surface area contributed by atoms with E-state index >= 15 is 0 Å². The molecule has 0 atom stereocenters. The normalized spacial score (nSPS) is 14.4. The third kappa shape index (κ3) is 5.03. The van der Waals surface area contributed by atoms with E-state index in [1.54, 1.807) is 11.8 Å². The van der Waals surface area contributed by atoms with Crippen LogP contribution in [0.1, 0.15) is 31.2 Å². The van der Waals surface area contributed by atoms with Crippen molar-refractivity contribution in [2.75, 3.05) is 0 Å². The summed E-state index contributed by atoms with van der Waals surface area (Å²) in [5.41, 5.74) is 9.90. The third-order valence-electron chi connectivity index (χ3n) is 8.57. The number of para-hydroxylation sites is 2. The van der Waals surface area contributed by atoms with E-state index in [1.807, 2.05) is 60.7 Å². The maximum Gasteiger partial charge on any atom is 0.120 e. The van der Waals surface area contributed by atoms with E-state index in [4.69, 9.17) is 9.40 Å². The van der Waals surface area contributed by atoms with Gasteiger partial charge in [0, 0.05) is 38.2 Å². The van der Waals surface area contributed by atoms with Gasteiger partial charge in [-0.05, 0) is 53.8 Å². The molecular weight excluding hydrogens is 707 g/mol. The van der Waals surface area contributed by atoms with Crippen molar-refractivity contribution in [2.45, 2.75) is 32.2 Å². The fourth-order valence-electron chi connectivity index (χ4n) is 6.58. The summed E-state index contributed by atoms with van der Waals surface area (Å²) in [7, 11) is 0. The van der Waals surface area contributed by atoms with Gasteiger partial charge in [0.15, 0.2) is 0 Å². The van der Waals surface area contributed by atoms with E-state index in [2.05, 4.69) is 64.2 Å². The summed E-state index contributed by atoms with van der Waals surface area (Å²) in [4.78, 5) is 9.29. The predicted octanol–water partition coefficient (Wildman–Crippen LogP) is 9.54. The van der Waals surface area contributed by atoms with Crippen molar-refractivity contribution in [3.8, 4) is 22.6 Å². The van der Waals surface area contributed by atoms with Crippen LogP contribution in [0.15, 0.2) is 113 Å². The Bertz CT molecular complexity index is 2070. The van der Waals surface area contributed by atoms with Crippen molar-refractivity contribution in [1.29, 1.82) is 0 Å². The molecule has 0 saturated heterocycles. The largest absolute Gasteiger partial charge is 0.501 e. The molecule has 2 aliphatic rings. The molecule has 7 aromatic rings. The Morgan fingerprint density at radius 1 is 0.791 bits per heavy atom. The molecule has 0 spiro atoms. The molecule has 5 heteroatoms. The predicted molar refractivity (Wildman–Crippen MR) is 170 cm³/mol. The first-order chi connectivity index (χ1) is 20.8. The van der Waals surface area contributed by atoms with Crippen molar-refractivity contribution in [3.63, 3.8) is 0 Å².